The van der Waals surface area contributed by atoms with Gasteiger partial charge in [-0.25, -0.2) is 18.2 Å². The number of pyridine rings is 1. The van der Waals surface area contributed by atoms with Crippen LogP contribution in [0.25, 0.3) is 0 Å². The number of nitrogens with zero attached hydrogens (tertiary/aromatic N) is 2. The molecule has 8 heteroatoms. The number of nitriles is 1. The monoisotopic (exact) mass is 254 g/mol. The summed E-state index contributed by atoms with van der Waals surface area (Å²) in [5.74, 6) is -1.85. The maximum absolute atomic E-state index is 13.1. The van der Waals surface area contributed by atoms with E-state index in [0.29, 0.717) is 6.07 Å². The molecule has 0 bridgehead atoms. The fourth-order valence-electron chi connectivity index (χ4n) is 1.19. The fourth-order valence-corrected chi connectivity index (χ4v) is 1.19. The first-order chi connectivity index (χ1) is 7.77. The van der Waals surface area contributed by atoms with Gasteiger partial charge in [0, 0.05) is 0 Å². The maximum Gasteiger partial charge on any atom is 0.421 e. The summed E-state index contributed by atoms with van der Waals surface area (Å²) >= 11 is 0. The van der Waals surface area contributed by atoms with Crippen LogP contribution in [0.2, 0.25) is 0 Å². The standard InChI is InChI=1S/C9H4F6N2/c10-5-3-4(1-2-16)17-7(8(11)12)6(5)9(13,14)15/h3,8H,1H2. The molecule has 1 aromatic heterocycles. The number of hydrogen-bond donors (Lipinski definition) is 0. The van der Waals surface area contributed by atoms with Crippen LogP contribution < -0.4 is 0 Å². The lowest BCUT2D eigenvalue weighted by Gasteiger charge is -2.13. The highest BCUT2D eigenvalue weighted by molar-refractivity contribution is 5.29. The van der Waals surface area contributed by atoms with E-state index in [1.54, 1.807) is 0 Å². The van der Waals surface area contributed by atoms with E-state index in [1.165, 1.54) is 6.07 Å². The van der Waals surface area contributed by atoms with Gasteiger partial charge in [0.15, 0.2) is 0 Å². The molecule has 0 unspecified atom stereocenters. The van der Waals surface area contributed by atoms with Gasteiger partial charge in [0.25, 0.3) is 6.43 Å². The molecule has 2 nitrogen and oxygen atoms in total. The van der Waals surface area contributed by atoms with Gasteiger partial charge in [0.05, 0.1) is 18.2 Å². The van der Waals surface area contributed by atoms with Crippen molar-refractivity contribution in [2.45, 2.75) is 19.0 Å². The summed E-state index contributed by atoms with van der Waals surface area (Å²) in [7, 11) is 0. The van der Waals surface area contributed by atoms with Gasteiger partial charge in [-0.1, -0.05) is 0 Å². The van der Waals surface area contributed by atoms with E-state index in [4.69, 9.17) is 5.26 Å². The van der Waals surface area contributed by atoms with Crippen LogP contribution in [0.4, 0.5) is 26.3 Å². The van der Waals surface area contributed by atoms with E-state index in [1.807, 2.05) is 0 Å². The average molecular weight is 254 g/mol. The van der Waals surface area contributed by atoms with Crippen LogP contribution in [-0.2, 0) is 12.6 Å². The zero-order chi connectivity index (χ0) is 13.2. The SMILES string of the molecule is N#CCc1cc(F)c(C(F)(F)F)c(C(F)F)n1. The normalized spacial score (nSPS) is 11.6. The molecule has 0 aromatic carbocycles. The quantitative estimate of drug-likeness (QED) is 0.759. The van der Waals surface area contributed by atoms with Crippen molar-refractivity contribution < 1.29 is 26.3 Å². The molecule has 0 fully saturated rings. The molecule has 0 saturated carbocycles. The van der Waals surface area contributed by atoms with E-state index in [-0.39, 0.29) is 0 Å². The van der Waals surface area contributed by atoms with E-state index in [9.17, 15) is 26.3 Å². The van der Waals surface area contributed by atoms with Gasteiger partial charge in [-0.3, -0.25) is 0 Å². The summed E-state index contributed by atoms with van der Waals surface area (Å²) in [5, 5.41) is 8.25. The molecule has 0 amide bonds. The molecule has 0 N–H and O–H groups in total. The number of halogens is 6. The van der Waals surface area contributed by atoms with Crippen molar-refractivity contribution in [2.75, 3.05) is 0 Å². The van der Waals surface area contributed by atoms with Crippen LogP contribution in [-0.4, -0.2) is 4.98 Å². The Labute approximate surface area is 91.5 Å². The Morgan fingerprint density at radius 1 is 1.35 bits per heavy atom. The van der Waals surface area contributed by atoms with Crippen LogP contribution in [0.15, 0.2) is 6.07 Å². The van der Waals surface area contributed by atoms with E-state index in [2.05, 4.69) is 4.98 Å². The molecule has 1 rings (SSSR count). The van der Waals surface area contributed by atoms with Crippen molar-refractivity contribution in [3.63, 3.8) is 0 Å². The van der Waals surface area contributed by atoms with Crippen molar-refractivity contribution in [3.05, 3.63) is 28.8 Å². The Morgan fingerprint density at radius 2 is 1.94 bits per heavy atom. The number of aromatic nitrogens is 1. The fraction of sp³-hybridized carbons (Fsp3) is 0.333. The van der Waals surface area contributed by atoms with E-state index < -0.39 is 41.8 Å². The van der Waals surface area contributed by atoms with Gasteiger partial charge < -0.3 is 0 Å². The molecule has 0 aliphatic carbocycles. The summed E-state index contributed by atoms with van der Waals surface area (Å²) in [6.45, 7) is 0. The zero-order valence-corrected chi connectivity index (χ0v) is 8.02. The van der Waals surface area contributed by atoms with Crippen molar-refractivity contribution in [2.24, 2.45) is 0 Å². The molecule has 17 heavy (non-hydrogen) atoms. The van der Waals surface area contributed by atoms with Gasteiger partial charge >= 0.3 is 6.18 Å². The molecule has 0 aliphatic heterocycles. The second-order valence-electron chi connectivity index (χ2n) is 2.99. The molecule has 0 aliphatic rings. The summed E-state index contributed by atoms with van der Waals surface area (Å²) in [4.78, 5) is 2.96. The summed E-state index contributed by atoms with van der Waals surface area (Å²) in [6.07, 6.45) is -9.37. The smallest absolute Gasteiger partial charge is 0.250 e. The zero-order valence-electron chi connectivity index (χ0n) is 8.02. The number of alkyl halides is 5. The Balaban J connectivity index is 3.45. The van der Waals surface area contributed by atoms with Crippen molar-refractivity contribution in [3.8, 4) is 6.07 Å². The molecule has 1 heterocycles. The maximum atomic E-state index is 13.1. The number of rotatable bonds is 2. The van der Waals surface area contributed by atoms with Gasteiger partial charge in [0.2, 0.25) is 0 Å². The molecule has 1 aromatic rings. The average Bonchev–Trinajstić information content (AvgIpc) is 2.14. The highest BCUT2D eigenvalue weighted by atomic mass is 19.4. The molecule has 92 valence electrons. The lowest BCUT2D eigenvalue weighted by atomic mass is 10.1. The third-order valence-electron chi connectivity index (χ3n) is 1.80. The Morgan fingerprint density at radius 3 is 2.35 bits per heavy atom. The minimum atomic E-state index is -5.26. The summed E-state index contributed by atoms with van der Waals surface area (Å²) in [6, 6.07) is 1.81. The molecular formula is C9H4F6N2. The first kappa shape index (κ1) is 13.3. The van der Waals surface area contributed by atoms with Crippen LogP contribution >= 0.6 is 0 Å². The Hall–Kier alpha value is -1.78. The minimum absolute atomic E-state index is 0.331. The lowest BCUT2D eigenvalue weighted by Crippen LogP contribution is -2.15. The predicted octanol–water partition coefficient (Wildman–Crippen LogP) is 3.24. The van der Waals surface area contributed by atoms with Crippen molar-refractivity contribution >= 4 is 0 Å². The third-order valence-corrected chi connectivity index (χ3v) is 1.80. The highest BCUT2D eigenvalue weighted by Gasteiger charge is 2.40. The van der Waals surface area contributed by atoms with Crippen LogP contribution in [0.1, 0.15) is 23.4 Å². The summed E-state index contributed by atoms with van der Waals surface area (Å²) in [5.41, 5.74) is -4.25. The van der Waals surface area contributed by atoms with Gasteiger partial charge in [0.1, 0.15) is 17.1 Å². The second kappa shape index (κ2) is 4.61. The van der Waals surface area contributed by atoms with Crippen LogP contribution in [0.5, 0.6) is 0 Å². The van der Waals surface area contributed by atoms with Crippen LogP contribution in [0.3, 0.4) is 0 Å². The lowest BCUT2D eigenvalue weighted by molar-refractivity contribution is -0.142. The minimum Gasteiger partial charge on any atom is -0.250 e. The Kier molecular flexibility index (Phi) is 3.60. The van der Waals surface area contributed by atoms with Crippen molar-refractivity contribution in [1.82, 2.24) is 4.98 Å². The van der Waals surface area contributed by atoms with E-state index >= 15 is 0 Å². The first-order valence-electron chi connectivity index (χ1n) is 4.19. The second-order valence-corrected chi connectivity index (χ2v) is 2.99. The van der Waals surface area contributed by atoms with Gasteiger partial charge in [-0.2, -0.15) is 18.4 Å². The first-order valence-corrected chi connectivity index (χ1v) is 4.19. The largest absolute Gasteiger partial charge is 0.421 e. The van der Waals surface area contributed by atoms with Crippen LogP contribution in [0, 0.1) is 17.1 Å². The summed E-state index contributed by atoms with van der Waals surface area (Å²) < 4.78 is 74.7. The molecule has 0 saturated heterocycles. The van der Waals surface area contributed by atoms with Crippen molar-refractivity contribution in [1.29, 1.82) is 5.26 Å². The number of hydrogen-bond acceptors (Lipinski definition) is 2. The highest BCUT2D eigenvalue weighted by Crippen LogP contribution is 2.37. The molecule has 0 radical (unpaired) electrons. The molecule has 0 spiro atoms. The topological polar surface area (TPSA) is 36.7 Å². The van der Waals surface area contributed by atoms with E-state index in [0.717, 1.165) is 0 Å². The third kappa shape index (κ3) is 2.87. The molecular weight excluding hydrogens is 250 g/mol. The van der Waals surface area contributed by atoms with Gasteiger partial charge in [-0.15, -0.1) is 0 Å². The predicted molar refractivity (Wildman–Crippen MR) is 43.5 cm³/mol. The Bertz CT molecular complexity index is 460. The molecule has 0 atom stereocenters. The van der Waals surface area contributed by atoms with Gasteiger partial charge in [-0.05, 0) is 6.07 Å².